The van der Waals surface area contributed by atoms with Gasteiger partial charge in [0.2, 0.25) is 5.78 Å². The lowest BCUT2D eigenvalue weighted by atomic mass is 10.1. The van der Waals surface area contributed by atoms with Gasteiger partial charge in [-0.3, -0.25) is 4.79 Å². The van der Waals surface area contributed by atoms with E-state index in [9.17, 15) is 4.79 Å². The highest BCUT2D eigenvalue weighted by molar-refractivity contribution is 6.06. The van der Waals surface area contributed by atoms with Crippen LogP contribution in [0.25, 0.3) is 0 Å². The molecule has 0 saturated carbocycles. The molecule has 0 unspecified atom stereocenters. The van der Waals surface area contributed by atoms with Crippen LogP contribution in [0.1, 0.15) is 24.4 Å². The summed E-state index contributed by atoms with van der Waals surface area (Å²) in [5.74, 6) is 0.359. The average Bonchev–Trinajstić information content (AvgIpc) is 2.53. The molecular weight excluding hydrogens is 140 g/mol. The number of furan rings is 1. The normalized spacial score (nSPS) is 11.6. The Morgan fingerprint density at radius 1 is 1.64 bits per heavy atom. The van der Waals surface area contributed by atoms with Crippen molar-refractivity contribution in [2.75, 3.05) is 0 Å². The smallest absolute Gasteiger partial charge is 0.223 e. The average molecular weight is 150 g/mol. The maximum atomic E-state index is 11.3. The lowest BCUT2D eigenvalue weighted by molar-refractivity contribution is 0.100. The monoisotopic (exact) mass is 150 g/mol. The molecule has 0 aliphatic carbocycles. The van der Waals surface area contributed by atoms with Gasteiger partial charge in [-0.05, 0) is 31.6 Å². The van der Waals surface area contributed by atoms with Crippen LogP contribution in [0.15, 0.2) is 34.5 Å². The number of hydrogen-bond donors (Lipinski definition) is 0. The van der Waals surface area contributed by atoms with Gasteiger partial charge in [0.05, 0.1) is 6.26 Å². The molecule has 2 nitrogen and oxygen atoms in total. The zero-order chi connectivity index (χ0) is 8.27. The van der Waals surface area contributed by atoms with Gasteiger partial charge < -0.3 is 4.42 Å². The second-order valence-electron chi connectivity index (χ2n) is 2.28. The van der Waals surface area contributed by atoms with Gasteiger partial charge in [0.25, 0.3) is 0 Å². The molecule has 0 atom stereocenters. The molecule has 0 amide bonds. The molecule has 0 fully saturated rings. The standard InChI is InChI=1S/C9H10O2/c1-3-7(2)9(10)8-5-4-6-11-8/h3-6H,1-2H3/b7-3-. The second-order valence-corrected chi connectivity index (χ2v) is 2.28. The summed E-state index contributed by atoms with van der Waals surface area (Å²) in [4.78, 5) is 11.3. The Labute approximate surface area is 65.5 Å². The highest BCUT2D eigenvalue weighted by Gasteiger charge is 2.08. The first-order chi connectivity index (χ1) is 5.25. The lowest BCUT2D eigenvalue weighted by Gasteiger charge is -1.93. The van der Waals surface area contributed by atoms with Gasteiger partial charge in [0.15, 0.2) is 5.76 Å². The number of hydrogen-bond acceptors (Lipinski definition) is 2. The van der Waals surface area contributed by atoms with Gasteiger partial charge in [-0.2, -0.15) is 0 Å². The van der Waals surface area contributed by atoms with E-state index >= 15 is 0 Å². The fourth-order valence-electron chi connectivity index (χ4n) is 0.733. The van der Waals surface area contributed by atoms with Crippen molar-refractivity contribution in [3.05, 3.63) is 35.8 Å². The van der Waals surface area contributed by atoms with E-state index in [0.717, 1.165) is 0 Å². The van der Waals surface area contributed by atoms with Crippen LogP contribution in [0.4, 0.5) is 0 Å². The van der Waals surface area contributed by atoms with Crippen LogP contribution in [0, 0.1) is 0 Å². The maximum absolute atomic E-state index is 11.3. The van der Waals surface area contributed by atoms with Gasteiger partial charge in [0.1, 0.15) is 0 Å². The number of allylic oxidation sites excluding steroid dienone is 2. The van der Waals surface area contributed by atoms with E-state index in [1.807, 2.05) is 6.92 Å². The van der Waals surface area contributed by atoms with Crippen LogP contribution in [0.3, 0.4) is 0 Å². The summed E-state index contributed by atoms with van der Waals surface area (Å²) < 4.78 is 4.93. The minimum atomic E-state index is -0.0440. The zero-order valence-corrected chi connectivity index (χ0v) is 6.63. The Morgan fingerprint density at radius 2 is 2.36 bits per heavy atom. The van der Waals surface area contributed by atoms with Crippen LogP contribution in [-0.2, 0) is 0 Å². The van der Waals surface area contributed by atoms with Gasteiger partial charge in [-0.15, -0.1) is 0 Å². The van der Waals surface area contributed by atoms with Gasteiger partial charge in [0, 0.05) is 0 Å². The van der Waals surface area contributed by atoms with Crippen molar-refractivity contribution in [1.29, 1.82) is 0 Å². The van der Waals surface area contributed by atoms with Gasteiger partial charge >= 0.3 is 0 Å². The Bertz CT molecular complexity index is 268. The quantitative estimate of drug-likeness (QED) is 0.478. The molecule has 1 aromatic rings. The summed E-state index contributed by atoms with van der Waals surface area (Å²) in [6, 6.07) is 3.37. The van der Waals surface area contributed by atoms with Crippen molar-refractivity contribution < 1.29 is 9.21 Å². The first-order valence-electron chi connectivity index (χ1n) is 3.47. The number of carbonyl (C=O) groups is 1. The Morgan fingerprint density at radius 3 is 2.82 bits per heavy atom. The highest BCUT2D eigenvalue weighted by Crippen LogP contribution is 2.07. The van der Waals surface area contributed by atoms with E-state index in [1.54, 1.807) is 25.1 Å². The minimum Gasteiger partial charge on any atom is -0.461 e. The third-order valence-corrected chi connectivity index (χ3v) is 1.54. The first kappa shape index (κ1) is 7.79. The van der Waals surface area contributed by atoms with E-state index in [2.05, 4.69) is 0 Å². The molecule has 2 heteroatoms. The van der Waals surface area contributed by atoms with Crippen LogP contribution >= 0.6 is 0 Å². The molecule has 0 aliphatic rings. The van der Waals surface area contributed by atoms with Crippen molar-refractivity contribution in [2.24, 2.45) is 0 Å². The largest absolute Gasteiger partial charge is 0.461 e. The highest BCUT2D eigenvalue weighted by atomic mass is 16.3. The van der Waals surface area contributed by atoms with Crippen LogP contribution in [0.2, 0.25) is 0 Å². The third kappa shape index (κ3) is 1.58. The van der Waals surface area contributed by atoms with E-state index in [4.69, 9.17) is 4.42 Å². The number of carbonyl (C=O) groups excluding carboxylic acids is 1. The zero-order valence-electron chi connectivity index (χ0n) is 6.63. The molecule has 1 rings (SSSR count). The SMILES string of the molecule is C/C=C(/C)C(=O)c1ccco1. The molecule has 1 heterocycles. The van der Waals surface area contributed by atoms with Crippen LogP contribution in [0.5, 0.6) is 0 Å². The fourth-order valence-corrected chi connectivity index (χ4v) is 0.733. The molecule has 58 valence electrons. The summed E-state index contributed by atoms with van der Waals surface area (Å²) in [5, 5.41) is 0. The number of Topliss-reactive ketones (excluding diaryl/α,β-unsaturated/α-hetero) is 1. The van der Waals surface area contributed by atoms with Crippen LogP contribution < -0.4 is 0 Å². The predicted octanol–water partition coefficient (Wildman–Crippen LogP) is 2.43. The molecule has 0 saturated heterocycles. The molecule has 1 aromatic heterocycles. The summed E-state index contributed by atoms with van der Waals surface area (Å²) in [6.45, 7) is 3.60. The Hall–Kier alpha value is -1.31. The first-order valence-corrected chi connectivity index (χ1v) is 3.47. The molecular formula is C9H10O2. The van der Waals surface area contributed by atoms with E-state index in [1.165, 1.54) is 6.26 Å². The molecule has 0 radical (unpaired) electrons. The minimum absolute atomic E-state index is 0.0440. The van der Waals surface area contributed by atoms with Gasteiger partial charge in [-0.1, -0.05) is 6.08 Å². The lowest BCUT2D eigenvalue weighted by Crippen LogP contribution is -1.97. The predicted molar refractivity (Wildman–Crippen MR) is 42.5 cm³/mol. The molecule has 0 N–H and O–H groups in total. The van der Waals surface area contributed by atoms with Crippen molar-refractivity contribution in [3.63, 3.8) is 0 Å². The molecule has 0 spiro atoms. The van der Waals surface area contributed by atoms with E-state index < -0.39 is 0 Å². The third-order valence-electron chi connectivity index (χ3n) is 1.54. The van der Waals surface area contributed by atoms with E-state index in [0.29, 0.717) is 11.3 Å². The summed E-state index contributed by atoms with van der Waals surface area (Å²) in [6.07, 6.45) is 3.26. The van der Waals surface area contributed by atoms with E-state index in [-0.39, 0.29) is 5.78 Å². The van der Waals surface area contributed by atoms with Crippen molar-refractivity contribution in [1.82, 2.24) is 0 Å². The Kier molecular flexibility index (Phi) is 2.26. The number of ketones is 1. The fraction of sp³-hybridized carbons (Fsp3) is 0.222. The molecule has 0 bridgehead atoms. The summed E-state index contributed by atoms with van der Waals surface area (Å²) in [5.41, 5.74) is 0.708. The van der Waals surface area contributed by atoms with Crippen molar-refractivity contribution >= 4 is 5.78 Å². The topological polar surface area (TPSA) is 30.2 Å². The Balaban J connectivity index is 2.87. The summed E-state index contributed by atoms with van der Waals surface area (Å²) >= 11 is 0. The number of rotatable bonds is 2. The van der Waals surface area contributed by atoms with Crippen molar-refractivity contribution in [3.8, 4) is 0 Å². The molecule has 0 aromatic carbocycles. The van der Waals surface area contributed by atoms with Gasteiger partial charge in [-0.25, -0.2) is 0 Å². The summed E-state index contributed by atoms with van der Waals surface area (Å²) in [7, 11) is 0. The second kappa shape index (κ2) is 3.19. The molecule has 11 heavy (non-hydrogen) atoms. The van der Waals surface area contributed by atoms with Crippen molar-refractivity contribution in [2.45, 2.75) is 13.8 Å². The molecule has 0 aliphatic heterocycles. The maximum Gasteiger partial charge on any atom is 0.223 e. The van der Waals surface area contributed by atoms with Crippen LogP contribution in [-0.4, -0.2) is 5.78 Å².